The minimum Gasteiger partial charge on any atom is -0.494 e. The van der Waals surface area contributed by atoms with E-state index in [1.54, 1.807) is 6.92 Å². The normalized spacial score (nSPS) is 17.5. The first-order valence-electron chi connectivity index (χ1n) is 13.1. The number of ether oxygens (including phenoxy) is 2. The number of halogens is 5. The second-order valence-corrected chi connectivity index (χ2v) is 11.0. The van der Waals surface area contributed by atoms with Crippen LogP contribution in [0.3, 0.4) is 0 Å². The van der Waals surface area contributed by atoms with Crippen LogP contribution in [0.2, 0.25) is 5.02 Å². The van der Waals surface area contributed by atoms with E-state index >= 15 is 0 Å². The van der Waals surface area contributed by atoms with Crippen LogP contribution >= 0.6 is 11.6 Å². The van der Waals surface area contributed by atoms with Crippen LogP contribution in [0.5, 0.6) is 11.5 Å². The van der Waals surface area contributed by atoms with Gasteiger partial charge in [0.1, 0.15) is 40.5 Å². The van der Waals surface area contributed by atoms with E-state index in [1.165, 1.54) is 44.4 Å². The van der Waals surface area contributed by atoms with Crippen LogP contribution in [0.15, 0.2) is 48.5 Å². The summed E-state index contributed by atoms with van der Waals surface area (Å²) in [4.78, 5) is 34.0. The second kappa shape index (κ2) is 10.9. The first-order valence-corrected chi connectivity index (χ1v) is 13.4. The van der Waals surface area contributed by atoms with Gasteiger partial charge in [-0.25, -0.2) is 14.4 Å². The highest BCUT2D eigenvalue weighted by atomic mass is 35.5. The van der Waals surface area contributed by atoms with Crippen LogP contribution in [0.4, 0.5) is 17.6 Å². The number of pyridine rings is 2. The Hall–Kier alpha value is -4.49. The summed E-state index contributed by atoms with van der Waals surface area (Å²) in [6.45, 7) is 1.38. The molecule has 14 heteroatoms. The number of benzene rings is 2. The van der Waals surface area contributed by atoms with Crippen molar-refractivity contribution >= 4 is 34.3 Å². The van der Waals surface area contributed by atoms with Crippen LogP contribution in [0, 0.1) is 12.7 Å². The number of hydrogen-bond donors (Lipinski definition) is 3. The SMILES string of the molecule is COc1cc(C(=O)NCC(O)(c2cc3c(c(-c4ccc(F)cc4)n2)OC[C@]3(C)C(N)=O)C(F)(F)F)cc2cc(Cl)c(C)nc12. The van der Waals surface area contributed by atoms with E-state index in [0.717, 1.165) is 18.2 Å². The minimum absolute atomic E-state index is 0.0408. The Morgan fingerprint density at radius 3 is 2.45 bits per heavy atom. The second-order valence-electron chi connectivity index (χ2n) is 10.6. The molecule has 4 aromatic rings. The molecule has 0 radical (unpaired) electrons. The summed E-state index contributed by atoms with van der Waals surface area (Å²) in [5.41, 5.74) is 0.0252. The summed E-state index contributed by atoms with van der Waals surface area (Å²) in [7, 11) is 1.34. The number of rotatable bonds is 7. The van der Waals surface area contributed by atoms with Crippen molar-refractivity contribution in [1.82, 2.24) is 15.3 Å². The number of nitrogens with one attached hydrogen (secondary N) is 1. The molecule has 5 rings (SSSR count). The Kier molecular flexibility index (Phi) is 7.67. The van der Waals surface area contributed by atoms with Gasteiger partial charge in [-0.05, 0) is 62.4 Å². The summed E-state index contributed by atoms with van der Waals surface area (Å²) in [6, 6.07) is 9.73. The number of hydrogen-bond acceptors (Lipinski definition) is 7. The van der Waals surface area contributed by atoms with E-state index in [9.17, 15) is 32.3 Å². The lowest BCUT2D eigenvalue weighted by molar-refractivity contribution is -0.265. The molecule has 0 saturated heterocycles. The average Bonchev–Trinajstić information content (AvgIpc) is 3.33. The van der Waals surface area contributed by atoms with Crippen molar-refractivity contribution in [1.29, 1.82) is 0 Å². The minimum atomic E-state index is -5.37. The molecule has 9 nitrogen and oxygen atoms in total. The van der Waals surface area contributed by atoms with Crippen LogP contribution in [-0.4, -0.2) is 53.3 Å². The third-order valence-corrected chi connectivity index (χ3v) is 8.01. The fraction of sp³-hybridized carbons (Fsp3) is 0.267. The van der Waals surface area contributed by atoms with Gasteiger partial charge >= 0.3 is 6.18 Å². The summed E-state index contributed by atoms with van der Waals surface area (Å²) >= 11 is 6.17. The molecule has 1 unspecified atom stereocenters. The Bertz CT molecular complexity index is 1820. The fourth-order valence-electron chi connectivity index (χ4n) is 4.86. The van der Waals surface area contributed by atoms with Crippen molar-refractivity contribution in [3.05, 3.63) is 81.9 Å². The maximum absolute atomic E-state index is 14.7. The zero-order chi connectivity index (χ0) is 32.2. The summed E-state index contributed by atoms with van der Waals surface area (Å²) in [6.07, 6.45) is -5.37. The molecule has 0 aliphatic carbocycles. The zero-order valence-electron chi connectivity index (χ0n) is 23.5. The number of amides is 2. The smallest absolute Gasteiger partial charge is 0.424 e. The van der Waals surface area contributed by atoms with Crippen molar-refractivity contribution in [3.63, 3.8) is 0 Å². The topological polar surface area (TPSA) is 137 Å². The number of aliphatic hydroxyl groups is 1. The number of primary amides is 1. The average molecular weight is 633 g/mol. The first-order chi connectivity index (χ1) is 20.6. The fourth-order valence-corrected chi connectivity index (χ4v) is 5.02. The van der Waals surface area contributed by atoms with E-state index in [0.29, 0.717) is 21.6 Å². The van der Waals surface area contributed by atoms with Crippen molar-refractivity contribution < 1.29 is 41.7 Å². The van der Waals surface area contributed by atoms with Gasteiger partial charge in [-0.3, -0.25) is 9.59 Å². The van der Waals surface area contributed by atoms with Gasteiger partial charge in [-0.2, -0.15) is 13.2 Å². The number of carbonyl (C=O) groups is 2. The predicted octanol–water partition coefficient (Wildman–Crippen LogP) is 4.72. The standard InChI is InChI=1S/C30H25ClF4N4O5/c1-14-20(31)9-16-8-17(10-21(43-3)23(16)38-14)26(40)37-12-29(42,30(33,34)35)22-11-19-25(44-13-28(19,2)27(36)41)24(39-22)15-4-6-18(32)7-5-15/h4-11,42H,12-13H2,1-3H3,(H2,36,41)(H,37,40)/t28-,29?/m0/s1. The van der Waals surface area contributed by atoms with E-state index in [1.807, 2.05) is 0 Å². The molecule has 2 aromatic carbocycles. The van der Waals surface area contributed by atoms with Crippen LogP contribution in [-0.2, 0) is 15.8 Å². The maximum atomic E-state index is 14.7. The molecule has 1 aliphatic heterocycles. The highest BCUT2D eigenvalue weighted by molar-refractivity contribution is 6.31. The van der Waals surface area contributed by atoms with Crippen LogP contribution in [0.1, 0.15) is 34.2 Å². The first kappa shape index (κ1) is 31.0. The Labute approximate surface area is 253 Å². The van der Waals surface area contributed by atoms with E-state index in [2.05, 4.69) is 15.3 Å². The molecule has 0 bridgehead atoms. The summed E-state index contributed by atoms with van der Waals surface area (Å²) < 4.78 is 68.7. The molecule has 230 valence electrons. The molecule has 2 atom stereocenters. The molecule has 44 heavy (non-hydrogen) atoms. The highest BCUT2D eigenvalue weighted by Gasteiger charge is 2.57. The molecule has 4 N–H and O–H groups in total. The Balaban J connectivity index is 1.59. The third kappa shape index (κ3) is 5.15. The Morgan fingerprint density at radius 1 is 1.16 bits per heavy atom. The number of methoxy groups -OCH3 is 1. The molecule has 0 fully saturated rings. The van der Waals surface area contributed by atoms with E-state index < -0.39 is 47.1 Å². The summed E-state index contributed by atoms with van der Waals surface area (Å²) in [5, 5.41) is 14.1. The maximum Gasteiger partial charge on any atom is 0.424 e. The van der Waals surface area contributed by atoms with Gasteiger partial charge in [0.2, 0.25) is 11.5 Å². The predicted molar refractivity (Wildman–Crippen MR) is 152 cm³/mol. The number of carbonyl (C=O) groups excluding carboxylic acids is 2. The van der Waals surface area contributed by atoms with Crippen molar-refractivity contribution in [2.24, 2.45) is 5.73 Å². The number of fused-ring (bicyclic) bond motifs is 2. The lowest BCUT2D eigenvalue weighted by Crippen LogP contribution is -2.51. The van der Waals surface area contributed by atoms with Gasteiger partial charge in [0.25, 0.3) is 5.91 Å². The number of nitrogens with two attached hydrogens (primary N) is 1. The number of nitrogens with zero attached hydrogens (tertiary/aromatic N) is 2. The van der Waals surface area contributed by atoms with Gasteiger partial charge in [0.15, 0.2) is 0 Å². The summed E-state index contributed by atoms with van der Waals surface area (Å²) in [5.74, 6) is -2.35. The lowest BCUT2D eigenvalue weighted by atomic mass is 9.81. The Morgan fingerprint density at radius 2 is 1.84 bits per heavy atom. The molecular formula is C30H25ClF4N4O5. The van der Waals surface area contributed by atoms with E-state index in [4.69, 9.17) is 26.8 Å². The largest absolute Gasteiger partial charge is 0.494 e. The van der Waals surface area contributed by atoms with Gasteiger partial charge in [0, 0.05) is 22.1 Å². The molecule has 0 spiro atoms. The van der Waals surface area contributed by atoms with Gasteiger partial charge in [-0.15, -0.1) is 0 Å². The molecule has 0 saturated carbocycles. The molecule has 2 aromatic heterocycles. The van der Waals surface area contributed by atoms with Gasteiger partial charge in [-0.1, -0.05) is 11.6 Å². The monoisotopic (exact) mass is 632 g/mol. The third-order valence-electron chi connectivity index (χ3n) is 7.63. The number of alkyl halides is 3. The van der Waals surface area contributed by atoms with E-state index in [-0.39, 0.29) is 40.5 Å². The van der Waals surface area contributed by atoms with Crippen LogP contribution < -0.4 is 20.5 Å². The number of aromatic nitrogens is 2. The van der Waals surface area contributed by atoms with Crippen molar-refractivity contribution in [2.75, 3.05) is 20.3 Å². The molecule has 1 aliphatic rings. The quantitative estimate of drug-likeness (QED) is 0.251. The molecular weight excluding hydrogens is 608 g/mol. The molecule has 2 amide bonds. The zero-order valence-corrected chi connectivity index (χ0v) is 24.2. The van der Waals surface area contributed by atoms with Crippen molar-refractivity contribution in [3.8, 4) is 22.8 Å². The lowest BCUT2D eigenvalue weighted by Gasteiger charge is -2.31. The van der Waals surface area contributed by atoms with Gasteiger partial charge in [0.05, 0.1) is 30.1 Å². The van der Waals surface area contributed by atoms with Crippen molar-refractivity contribution in [2.45, 2.75) is 31.0 Å². The highest BCUT2D eigenvalue weighted by Crippen LogP contribution is 2.47. The number of aryl methyl sites for hydroxylation is 1. The molecule has 3 heterocycles. The van der Waals surface area contributed by atoms with Crippen LogP contribution in [0.25, 0.3) is 22.2 Å². The van der Waals surface area contributed by atoms with Gasteiger partial charge < -0.3 is 25.6 Å².